The quantitative estimate of drug-likeness (QED) is 0.395. The van der Waals surface area contributed by atoms with Crippen molar-refractivity contribution < 1.29 is 33.9 Å². The molecule has 0 saturated carbocycles. The SMILES string of the molecule is OC1OC(C(F)F)[C@@H](O)[C@H](O)C1O. The molecule has 1 heterocycles. The molecule has 1 rings (SSSR count). The summed E-state index contributed by atoms with van der Waals surface area (Å²) in [7, 11) is 0. The molecule has 0 aromatic heterocycles. The molecule has 1 aliphatic rings. The number of aliphatic hydroxyl groups excluding tert-OH is 4. The Morgan fingerprint density at radius 2 is 1.46 bits per heavy atom. The van der Waals surface area contributed by atoms with Crippen LogP contribution in [-0.2, 0) is 4.74 Å². The van der Waals surface area contributed by atoms with Crippen molar-refractivity contribution in [2.45, 2.75) is 37.1 Å². The van der Waals surface area contributed by atoms with Crippen LogP contribution in [0.15, 0.2) is 0 Å². The Hall–Kier alpha value is -0.340. The van der Waals surface area contributed by atoms with E-state index in [4.69, 9.17) is 20.4 Å². The van der Waals surface area contributed by atoms with E-state index < -0.39 is 37.1 Å². The minimum atomic E-state index is -3.04. The van der Waals surface area contributed by atoms with Crippen molar-refractivity contribution in [3.8, 4) is 0 Å². The van der Waals surface area contributed by atoms with Gasteiger partial charge in [0.05, 0.1) is 0 Å². The predicted octanol–water partition coefficient (Wildman–Crippen LogP) is -1.95. The van der Waals surface area contributed by atoms with Gasteiger partial charge in [0.2, 0.25) is 0 Å². The third kappa shape index (κ3) is 1.94. The van der Waals surface area contributed by atoms with Crippen molar-refractivity contribution in [1.29, 1.82) is 0 Å². The summed E-state index contributed by atoms with van der Waals surface area (Å²) in [5, 5.41) is 35.6. The lowest BCUT2D eigenvalue weighted by Gasteiger charge is -2.37. The molecule has 78 valence electrons. The zero-order valence-corrected chi connectivity index (χ0v) is 6.42. The lowest BCUT2D eigenvalue weighted by Crippen LogP contribution is -2.59. The van der Waals surface area contributed by atoms with Gasteiger partial charge in [0.25, 0.3) is 6.43 Å². The summed E-state index contributed by atoms with van der Waals surface area (Å²) in [5.41, 5.74) is 0. The van der Waals surface area contributed by atoms with Gasteiger partial charge in [-0.3, -0.25) is 0 Å². The molecule has 1 fully saturated rings. The van der Waals surface area contributed by atoms with E-state index in [0.717, 1.165) is 0 Å². The van der Waals surface area contributed by atoms with E-state index >= 15 is 0 Å². The van der Waals surface area contributed by atoms with Gasteiger partial charge in [-0.25, -0.2) is 8.78 Å². The van der Waals surface area contributed by atoms with Gasteiger partial charge in [0.1, 0.15) is 24.4 Å². The van der Waals surface area contributed by atoms with Crippen LogP contribution < -0.4 is 0 Å². The Balaban J connectivity index is 2.70. The van der Waals surface area contributed by atoms with Gasteiger partial charge in [-0.2, -0.15) is 0 Å². The van der Waals surface area contributed by atoms with Gasteiger partial charge in [0.15, 0.2) is 6.29 Å². The van der Waals surface area contributed by atoms with Gasteiger partial charge in [-0.1, -0.05) is 0 Å². The highest BCUT2D eigenvalue weighted by atomic mass is 19.3. The molecule has 0 bridgehead atoms. The molecular weight excluding hydrogens is 190 g/mol. The second-order valence-corrected chi connectivity index (χ2v) is 2.80. The first kappa shape index (κ1) is 10.7. The number of hydrogen-bond donors (Lipinski definition) is 4. The maximum absolute atomic E-state index is 12.1. The van der Waals surface area contributed by atoms with Crippen molar-refractivity contribution in [2.75, 3.05) is 0 Å². The average Bonchev–Trinajstić information content (AvgIpc) is 2.07. The van der Waals surface area contributed by atoms with Crippen molar-refractivity contribution >= 4 is 0 Å². The van der Waals surface area contributed by atoms with Crippen LogP contribution in [0.4, 0.5) is 8.78 Å². The van der Waals surface area contributed by atoms with E-state index in [2.05, 4.69) is 4.74 Å². The molecule has 0 amide bonds. The zero-order valence-electron chi connectivity index (χ0n) is 6.42. The van der Waals surface area contributed by atoms with Crippen LogP contribution in [-0.4, -0.2) is 57.6 Å². The van der Waals surface area contributed by atoms with E-state index in [1.165, 1.54) is 0 Å². The van der Waals surface area contributed by atoms with Gasteiger partial charge in [-0.05, 0) is 0 Å². The second kappa shape index (κ2) is 3.81. The van der Waals surface area contributed by atoms with Crippen molar-refractivity contribution in [3.63, 3.8) is 0 Å². The molecule has 0 radical (unpaired) electrons. The summed E-state index contributed by atoms with van der Waals surface area (Å²) in [6, 6.07) is 0. The number of ether oxygens (including phenoxy) is 1. The standard InChI is InChI=1S/C6H10F2O5/c7-5(8)4-2(10)1(9)3(11)6(12)13-4/h1-6,9-12H/t1-,2-,3?,4?,6?/m0/s1. The monoisotopic (exact) mass is 200 g/mol. The largest absolute Gasteiger partial charge is 0.387 e. The first-order chi connectivity index (χ1) is 5.95. The predicted molar refractivity (Wildman–Crippen MR) is 34.9 cm³/mol. The van der Waals surface area contributed by atoms with Crippen molar-refractivity contribution in [2.24, 2.45) is 0 Å². The van der Waals surface area contributed by atoms with E-state index in [-0.39, 0.29) is 0 Å². The summed E-state index contributed by atoms with van der Waals surface area (Å²) in [5.74, 6) is 0. The molecule has 7 heteroatoms. The molecule has 0 aliphatic carbocycles. The third-order valence-corrected chi connectivity index (χ3v) is 1.87. The number of alkyl halides is 2. The summed E-state index contributed by atoms with van der Waals surface area (Å²) in [4.78, 5) is 0. The molecular formula is C6H10F2O5. The van der Waals surface area contributed by atoms with Crippen LogP contribution in [0.5, 0.6) is 0 Å². The third-order valence-electron chi connectivity index (χ3n) is 1.87. The lowest BCUT2D eigenvalue weighted by atomic mass is 9.99. The van der Waals surface area contributed by atoms with Crippen LogP contribution in [0.25, 0.3) is 0 Å². The Labute approximate surface area is 72.2 Å². The molecule has 1 aliphatic heterocycles. The maximum Gasteiger partial charge on any atom is 0.267 e. The first-order valence-electron chi connectivity index (χ1n) is 3.61. The van der Waals surface area contributed by atoms with Crippen molar-refractivity contribution in [3.05, 3.63) is 0 Å². The first-order valence-corrected chi connectivity index (χ1v) is 3.61. The normalized spacial score (nSPS) is 46.8. The number of aliphatic hydroxyl groups is 4. The highest BCUT2D eigenvalue weighted by molar-refractivity contribution is 4.89. The van der Waals surface area contributed by atoms with E-state index in [1.54, 1.807) is 0 Å². The fourth-order valence-electron chi connectivity index (χ4n) is 1.10. The Kier molecular flexibility index (Phi) is 3.14. The molecule has 13 heavy (non-hydrogen) atoms. The van der Waals surface area contributed by atoms with Crippen LogP contribution in [0, 0.1) is 0 Å². The minimum absolute atomic E-state index is 1.77. The maximum atomic E-state index is 12.1. The van der Waals surface area contributed by atoms with Gasteiger partial charge in [-0.15, -0.1) is 0 Å². The van der Waals surface area contributed by atoms with Gasteiger partial charge < -0.3 is 25.2 Å². The van der Waals surface area contributed by atoms with Gasteiger partial charge in [0, 0.05) is 0 Å². The number of hydrogen-bond acceptors (Lipinski definition) is 5. The molecule has 1 saturated heterocycles. The topological polar surface area (TPSA) is 90.2 Å². The summed E-state index contributed by atoms with van der Waals surface area (Å²) in [6.45, 7) is 0. The molecule has 3 unspecified atom stereocenters. The van der Waals surface area contributed by atoms with Gasteiger partial charge >= 0.3 is 0 Å². The molecule has 0 aromatic rings. The Morgan fingerprint density at radius 1 is 0.923 bits per heavy atom. The summed E-state index contributed by atoms with van der Waals surface area (Å²) < 4.78 is 28.3. The van der Waals surface area contributed by atoms with Crippen LogP contribution in [0.3, 0.4) is 0 Å². The molecule has 0 spiro atoms. The summed E-state index contributed by atoms with van der Waals surface area (Å²) >= 11 is 0. The van der Waals surface area contributed by atoms with E-state index in [1.807, 2.05) is 0 Å². The zero-order chi connectivity index (χ0) is 10.2. The van der Waals surface area contributed by atoms with Crippen LogP contribution in [0.1, 0.15) is 0 Å². The minimum Gasteiger partial charge on any atom is -0.387 e. The lowest BCUT2D eigenvalue weighted by molar-refractivity contribution is -0.300. The number of rotatable bonds is 1. The van der Waals surface area contributed by atoms with E-state index in [9.17, 15) is 8.78 Å². The molecule has 4 N–H and O–H groups in total. The van der Waals surface area contributed by atoms with Crippen molar-refractivity contribution in [1.82, 2.24) is 0 Å². The smallest absolute Gasteiger partial charge is 0.267 e. The Bertz CT molecular complexity index is 178. The fraction of sp³-hybridized carbons (Fsp3) is 1.00. The summed E-state index contributed by atoms with van der Waals surface area (Å²) in [6.07, 6.45) is -12.4. The molecule has 5 atom stereocenters. The Morgan fingerprint density at radius 3 is 1.92 bits per heavy atom. The fourth-order valence-corrected chi connectivity index (χ4v) is 1.10. The highest BCUT2D eigenvalue weighted by Gasteiger charge is 2.46. The van der Waals surface area contributed by atoms with Crippen LogP contribution in [0.2, 0.25) is 0 Å². The molecule has 5 nitrogen and oxygen atoms in total. The number of halogens is 2. The molecule has 0 aromatic carbocycles. The van der Waals surface area contributed by atoms with E-state index in [0.29, 0.717) is 0 Å². The van der Waals surface area contributed by atoms with Crippen LogP contribution >= 0.6 is 0 Å². The second-order valence-electron chi connectivity index (χ2n) is 2.80. The average molecular weight is 200 g/mol. The highest BCUT2D eigenvalue weighted by Crippen LogP contribution is 2.23.